The van der Waals surface area contributed by atoms with Gasteiger partial charge in [0.1, 0.15) is 23.1 Å². The normalized spacial score (nSPS) is 29.3. The Bertz CT molecular complexity index is 1620. The van der Waals surface area contributed by atoms with Gasteiger partial charge in [0.2, 0.25) is 5.82 Å². The predicted molar refractivity (Wildman–Crippen MR) is 147 cm³/mol. The number of piperazine rings is 1. The standard InChI is InChI=1S/C29H28ClF2N7O/c30-21-10-19(40)9-20(23(21)15-2-3-15)25-24(32)26-27(37-36-25)28(39-14-17-8-18(39)12-33-17)35-22(34-26)4-6-29-5-1-7-38(29)13-16(31)11-29/h9-10,15-18,33,40H,1-3,5,7-8,11-14H2/t16-,17-,18-,29-/m1/s1. The van der Waals surface area contributed by atoms with Crippen molar-refractivity contribution in [3.8, 4) is 28.8 Å². The number of halogens is 3. The maximum absolute atomic E-state index is 16.5. The summed E-state index contributed by atoms with van der Waals surface area (Å²) in [6.07, 6.45) is 4.09. The van der Waals surface area contributed by atoms with E-state index in [0.717, 1.165) is 57.3 Å². The van der Waals surface area contributed by atoms with Crippen LogP contribution in [0.4, 0.5) is 14.6 Å². The third-order valence-electron chi connectivity index (χ3n) is 9.22. The van der Waals surface area contributed by atoms with Gasteiger partial charge in [0.25, 0.3) is 0 Å². The Hall–Kier alpha value is -3.13. The van der Waals surface area contributed by atoms with E-state index in [-0.39, 0.29) is 40.3 Å². The molecule has 1 aromatic carbocycles. The van der Waals surface area contributed by atoms with E-state index in [0.29, 0.717) is 35.4 Å². The third kappa shape index (κ3) is 3.85. The van der Waals surface area contributed by atoms with Gasteiger partial charge in [-0.25, -0.2) is 18.7 Å². The summed E-state index contributed by atoms with van der Waals surface area (Å²) in [7, 11) is 0. The van der Waals surface area contributed by atoms with E-state index in [1.807, 2.05) is 0 Å². The maximum Gasteiger partial charge on any atom is 0.207 e. The first-order valence-corrected chi connectivity index (χ1v) is 14.5. The molecule has 40 heavy (non-hydrogen) atoms. The molecule has 1 saturated carbocycles. The van der Waals surface area contributed by atoms with Crippen molar-refractivity contribution in [1.29, 1.82) is 0 Å². The minimum atomic E-state index is -0.902. The van der Waals surface area contributed by atoms with Crippen molar-refractivity contribution >= 4 is 28.5 Å². The number of fused-ring (bicyclic) bond motifs is 4. The largest absolute Gasteiger partial charge is 0.508 e. The fourth-order valence-electron chi connectivity index (χ4n) is 7.25. The summed E-state index contributed by atoms with van der Waals surface area (Å²) >= 11 is 6.50. The van der Waals surface area contributed by atoms with Gasteiger partial charge in [-0.05, 0) is 68.2 Å². The summed E-state index contributed by atoms with van der Waals surface area (Å²) in [5.41, 5.74) is 0.989. The molecular formula is C29H28ClF2N7O. The Morgan fingerprint density at radius 1 is 1.15 bits per heavy atom. The fraction of sp³-hybridized carbons (Fsp3) is 0.517. The van der Waals surface area contributed by atoms with Crippen molar-refractivity contribution in [2.24, 2.45) is 0 Å². The molecule has 3 aromatic rings. The van der Waals surface area contributed by atoms with Gasteiger partial charge in [0, 0.05) is 48.7 Å². The summed E-state index contributed by atoms with van der Waals surface area (Å²) in [5.74, 6) is 6.61. The first-order chi connectivity index (χ1) is 19.4. The molecule has 0 amide bonds. The molecule has 5 fully saturated rings. The number of nitrogens with zero attached hydrogens (tertiary/aromatic N) is 6. The number of hydrogen-bond donors (Lipinski definition) is 2. The lowest BCUT2D eigenvalue weighted by Gasteiger charge is -2.29. The molecule has 4 saturated heterocycles. The predicted octanol–water partition coefficient (Wildman–Crippen LogP) is 3.94. The number of anilines is 1. The quantitative estimate of drug-likeness (QED) is 0.463. The number of phenolic OH excluding ortho intramolecular Hbond substituents is 1. The molecule has 4 aliphatic heterocycles. The summed E-state index contributed by atoms with van der Waals surface area (Å²) in [6.45, 7) is 2.76. The molecule has 206 valence electrons. The van der Waals surface area contributed by atoms with Crippen LogP contribution in [0.15, 0.2) is 12.1 Å². The zero-order valence-corrected chi connectivity index (χ0v) is 22.6. The van der Waals surface area contributed by atoms with Gasteiger partial charge in [-0.2, -0.15) is 0 Å². The number of phenols is 1. The van der Waals surface area contributed by atoms with Crippen molar-refractivity contribution in [3.63, 3.8) is 0 Å². The van der Waals surface area contributed by atoms with Gasteiger partial charge in [0.15, 0.2) is 17.2 Å². The van der Waals surface area contributed by atoms with Crippen LogP contribution in [0.25, 0.3) is 22.3 Å². The van der Waals surface area contributed by atoms with Gasteiger partial charge in [0.05, 0.1) is 5.54 Å². The van der Waals surface area contributed by atoms with Crippen molar-refractivity contribution < 1.29 is 13.9 Å². The van der Waals surface area contributed by atoms with E-state index in [1.165, 1.54) is 12.1 Å². The van der Waals surface area contributed by atoms with Gasteiger partial charge < -0.3 is 15.3 Å². The molecule has 2 bridgehead atoms. The first kappa shape index (κ1) is 24.6. The Kier molecular flexibility index (Phi) is 5.51. The lowest BCUT2D eigenvalue weighted by Crippen LogP contribution is -2.44. The summed E-state index contributed by atoms with van der Waals surface area (Å²) in [4.78, 5) is 13.6. The van der Waals surface area contributed by atoms with Crippen LogP contribution in [0, 0.1) is 17.7 Å². The van der Waals surface area contributed by atoms with Crippen LogP contribution in [0.3, 0.4) is 0 Å². The minimum Gasteiger partial charge on any atom is -0.508 e. The average Bonchev–Trinajstić information content (AvgIpc) is 3.21. The molecule has 6 heterocycles. The van der Waals surface area contributed by atoms with Crippen LogP contribution in [0.2, 0.25) is 5.02 Å². The number of rotatable bonds is 3. The van der Waals surface area contributed by atoms with Crippen LogP contribution in [0.1, 0.15) is 55.8 Å². The Balaban J connectivity index is 1.30. The number of hydrogen-bond acceptors (Lipinski definition) is 8. The Labute approximate surface area is 235 Å². The van der Waals surface area contributed by atoms with Crippen molar-refractivity contribution in [2.75, 3.05) is 31.1 Å². The second-order valence-electron chi connectivity index (χ2n) is 11.9. The first-order valence-electron chi connectivity index (χ1n) is 14.1. The number of aromatic nitrogens is 4. The fourth-order valence-corrected chi connectivity index (χ4v) is 7.61. The van der Waals surface area contributed by atoms with Crippen LogP contribution < -0.4 is 10.2 Å². The van der Waals surface area contributed by atoms with E-state index in [2.05, 4.69) is 42.1 Å². The molecule has 2 aromatic heterocycles. The molecule has 11 heteroatoms. The van der Waals surface area contributed by atoms with Crippen LogP contribution in [0.5, 0.6) is 5.75 Å². The SMILES string of the molecule is Oc1cc(Cl)c(C2CC2)c(-c2nnc3c(N4C[C@H]5C[C@@H]4CN5)nc(C#C[C@@]45CCCN4C[C@H](F)C5)nc3c2F)c1. The van der Waals surface area contributed by atoms with E-state index in [4.69, 9.17) is 16.6 Å². The van der Waals surface area contributed by atoms with Crippen molar-refractivity contribution in [1.82, 2.24) is 30.4 Å². The smallest absolute Gasteiger partial charge is 0.207 e. The monoisotopic (exact) mass is 563 g/mol. The molecular weight excluding hydrogens is 536 g/mol. The summed E-state index contributed by atoms with van der Waals surface area (Å²) < 4.78 is 30.8. The van der Waals surface area contributed by atoms with E-state index < -0.39 is 17.5 Å². The van der Waals surface area contributed by atoms with E-state index >= 15 is 4.39 Å². The number of alkyl halides is 1. The minimum absolute atomic E-state index is 0.00278. The zero-order valence-electron chi connectivity index (χ0n) is 21.8. The molecule has 8 nitrogen and oxygen atoms in total. The van der Waals surface area contributed by atoms with Crippen molar-refractivity contribution in [3.05, 3.63) is 34.4 Å². The van der Waals surface area contributed by atoms with Gasteiger partial charge in [-0.1, -0.05) is 17.5 Å². The average molecular weight is 564 g/mol. The Morgan fingerprint density at radius 3 is 2.80 bits per heavy atom. The highest BCUT2D eigenvalue weighted by molar-refractivity contribution is 6.32. The zero-order chi connectivity index (χ0) is 27.2. The number of nitrogens with one attached hydrogen (secondary N) is 1. The van der Waals surface area contributed by atoms with Crippen LogP contribution in [-0.2, 0) is 0 Å². The van der Waals surface area contributed by atoms with Gasteiger partial charge in [-0.15, -0.1) is 10.2 Å². The molecule has 0 radical (unpaired) electrons. The number of aromatic hydroxyl groups is 1. The third-order valence-corrected chi connectivity index (χ3v) is 9.54. The topological polar surface area (TPSA) is 90.3 Å². The van der Waals surface area contributed by atoms with Gasteiger partial charge in [-0.3, -0.25) is 4.90 Å². The van der Waals surface area contributed by atoms with Crippen LogP contribution >= 0.6 is 11.6 Å². The maximum atomic E-state index is 16.5. The molecule has 8 rings (SSSR count). The van der Waals surface area contributed by atoms with Crippen LogP contribution in [-0.4, -0.2) is 80.1 Å². The van der Waals surface area contributed by atoms with E-state index in [1.54, 1.807) is 0 Å². The van der Waals surface area contributed by atoms with E-state index in [9.17, 15) is 9.50 Å². The van der Waals surface area contributed by atoms with Gasteiger partial charge >= 0.3 is 0 Å². The molecule has 2 N–H and O–H groups in total. The second kappa shape index (κ2) is 8.93. The highest BCUT2D eigenvalue weighted by atomic mass is 35.5. The highest BCUT2D eigenvalue weighted by Crippen LogP contribution is 2.49. The summed E-state index contributed by atoms with van der Waals surface area (Å²) in [6, 6.07) is 3.52. The summed E-state index contributed by atoms with van der Waals surface area (Å²) in [5, 5.41) is 22.9. The number of benzene rings is 1. The lowest BCUT2D eigenvalue weighted by atomic mass is 9.94. The molecule has 5 aliphatic rings. The second-order valence-corrected chi connectivity index (χ2v) is 12.3. The molecule has 0 spiro atoms. The molecule has 4 atom stereocenters. The molecule has 0 unspecified atom stereocenters. The molecule has 1 aliphatic carbocycles. The lowest BCUT2D eigenvalue weighted by molar-refractivity contribution is 0.255. The Morgan fingerprint density at radius 2 is 2.02 bits per heavy atom. The highest BCUT2D eigenvalue weighted by Gasteiger charge is 2.48. The van der Waals surface area contributed by atoms with Crippen molar-refractivity contribution in [2.45, 2.75) is 68.2 Å².